The number of hydrogen-bond acceptors (Lipinski definition) is 5. The lowest BCUT2D eigenvalue weighted by molar-refractivity contribution is 0.340. The fourth-order valence-corrected chi connectivity index (χ4v) is 13.4. The monoisotopic (exact) mass is 614 g/mol. The third-order valence-corrected chi connectivity index (χ3v) is 14.9. The van der Waals surface area contributed by atoms with Gasteiger partial charge in [0.05, 0.1) is 26.4 Å². The van der Waals surface area contributed by atoms with E-state index in [9.17, 15) is 0 Å². The van der Waals surface area contributed by atoms with Crippen LogP contribution >= 0.6 is 0 Å². The van der Waals surface area contributed by atoms with Gasteiger partial charge in [0.1, 0.15) is 23.0 Å². The van der Waals surface area contributed by atoms with Gasteiger partial charge in [-0.2, -0.15) is 0 Å². The summed E-state index contributed by atoms with van der Waals surface area (Å²) >= 11 is 0. The van der Waals surface area contributed by atoms with E-state index in [1.165, 1.54) is 0 Å². The third-order valence-electron chi connectivity index (χ3n) is 7.66. The zero-order valence-corrected chi connectivity index (χ0v) is 29.3. The summed E-state index contributed by atoms with van der Waals surface area (Å²) in [5.74, 6) is 3.51. The predicted molar refractivity (Wildman–Crippen MR) is 183 cm³/mol. The van der Waals surface area contributed by atoms with Crippen LogP contribution in [0.3, 0.4) is 0 Å². The van der Waals surface area contributed by atoms with E-state index >= 15 is 0 Å². The van der Waals surface area contributed by atoms with Crippen LogP contribution in [0.5, 0.6) is 23.0 Å². The third kappa shape index (κ3) is 7.17. The van der Waals surface area contributed by atoms with Crippen LogP contribution in [0.4, 0.5) is 0 Å². The Morgan fingerprint density at radius 2 is 0.628 bits per heavy atom. The zero-order valence-electron chi connectivity index (χ0n) is 27.0. The Hall–Kier alpha value is -3.53. The quantitative estimate of drug-likeness (QED) is 0.189. The lowest BCUT2D eigenvalue weighted by Crippen LogP contribution is -2.58. The Bertz CT molecular complexity index is 1300. The molecule has 0 unspecified atom stereocenters. The minimum absolute atomic E-state index is 0.573. The van der Waals surface area contributed by atoms with Gasteiger partial charge >= 0.3 is 0 Å². The van der Waals surface area contributed by atoms with Crippen molar-refractivity contribution in [2.24, 2.45) is 0 Å². The summed E-state index contributed by atoms with van der Waals surface area (Å²) in [6, 6.07) is 25.2. The fraction of sp³-hybridized carbons (Fsp3) is 0.333. The second-order valence-corrected chi connectivity index (χ2v) is 15.5. The normalized spacial score (nSPS) is 11.2. The molecular weight excluding hydrogens is 569 g/mol. The number of ether oxygens (including phenoxy) is 4. The van der Waals surface area contributed by atoms with Crippen molar-refractivity contribution in [3.05, 3.63) is 95.1 Å². The van der Waals surface area contributed by atoms with E-state index in [-0.39, 0.29) is 0 Å². The molecule has 4 aromatic rings. The van der Waals surface area contributed by atoms with Crippen LogP contribution in [0.25, 0.3) is 0 Å². The van der Waals surface area contributed by atoms with Crippen LogP contribution in [0, 0.1) is 27.7 Å². The fourth-order valence-electron chi connectivity index (χ4n) is 5.78. The van der Waals surface area contributed by atoms with Gasteiger partial charge in [-0.15, -0.1) is 0 Å². The maximum absolute atomic E-state index is 7.82. The van der Waals surface area contributed by atoms with Gasteiger partial charge in [-0.05, 0) is 102 Å². The lowest BCUT2D eigenvalue weighted by Gasteiger charge is -2.32. The van der Waals surface area contributed by atoms with Crippen molar-refractivity contribution >= 4 is 38.8 Å². The van der Waals surface area contributed by atoms with Crippen molar-refractivity contribution in [3.63, 3.8) is 0 Å². The first-order chi connectivity index (χ1) is 20.9. The molecule has 0 saturated heterocycles. The highest BCUT2D eigenvalue weighted by Gasteiger charge is 2.36. The van der Waals surface area contributed by atoms with Crippen LogP contribution in [0.15, 0.2) is 72.8 Å². The smallest absolute Gasteiger partial charge is 0.236 e. The summed E-state index contributed by atoms with van der Waals surface area (Å²) in [4.78, 5) is 0. The molecule has 4 rings (SSSR count). The Morgan fingerprint density at radius 1 is 0.395 bits per heavy atom. The molecule has 0 bridgehead atoms. The highest BCUT2D eigenvalue weighted by molar-refractivity contribution is 6.93. The van der Waals surface area contributed by atoms with Crippen LogP contribution < -0.4 is 39.7 Å². The first kappa shape index (κ1) is 32.4. The van der Waals surface area contributed by atoms with Crippen molar-refractivity contribution in [2.75, 3.05) is 26.4 Å². The predicted octanol–water partition coefficient (Wildman–Crippen LogP) is 4.91. The van der Waals surface area contributed by atoms with Crippen molar-refractivity contribution in [1.29, 1.82) is 0 Å². The van der Waals surface area contributed by atoms with Crippen molar-refractivity contribution in [3.8, 4) is 23.0 Å². The van der Waals surface area contributed by atoms with Crippen LogP contribution in [-0.2, 0) is 4.12 Å². The molecule has 7 heteroatoms. The van der Waals surface area contributed by atoms with Crippen molar-refractivity contribution in [2.45, 2.75) is 55.4 Å². The molecule has 0 fully saturated rings. The number of rotatable bonds is 14. The average Bonchev–Trinajstić information content (AvgIpc) is 2.97. The van der Waals surface area contributed by atoms with E-state index < -0.39 is 18.1 Å². The second-order valence-electron chi connectivity index (χ2n) is 10.6. The highest BCUT2D eigenvalue weighted by Crippen LogP contribution is 2.23. The molecule has 0 spiro atoms. The second kappa shape index (κ2) is 15.3. The first-order valence-electron chi connectivity index (χ1n) is 15.4. The summed E-state index contributed by atoms with van der Waals surface area (Å²) in [5, 5.41) is 4.59. The van der Waals surface area contributed by atoms with E-state index in [1.54, 1.807) is 0 Å². The molecule has 0 aromatic heterocycles. The summed E-state index contributed by atoms with van der Waals surface area (Å²) in [6.07, 6.45) is 0. The maximum atomic E-state index is 7.82. The maximum Gasteiger partial charge on any atom is 0.236 e. The molecule has 0 aliphatic rings. The summed E-state index contributed by atoms with van der Waals surface area (Å²) in [7, 11) is -4.98. The van der Waals surface area contributed by atoms with Gasteiger partial charge in [-0.25, -0.2) is 0 Å². The van der Waals surface area contributed by atoms with E-state index in [0.717, 1.165) is 66.0 Å². The average molecular weight is 615 g/mol. The van der Waals surface area contributed by atoms with Gasteiger partial charge in [0.15, 0.2) is 0 Å². The molecule has 0 saturated carbocycles. The molecule has 0 aliphatic carbocycles. The summed E-state index contributed by atoms with van der Waals surface area (Å²) < 4.78 is 33.0. The van der Waals surface area contributed by atoms with Crippen LogP contribution in [0.2, 0.25) is 0 Å². The molecule has 43 heavy (non-hydrogen) atoms. The van der Waals surface area contributed by atoms with Gasteiger partial charge in [0.25, 0.3) is 0 Å². The SMILES string of the molecule is CCOc1cccc(C)c1[SiH](O[SiH](c1c(C)cccc1OCC)c1c(C)cccc1OCC)c1c(C)cccc1OCC. The zero-order chi connectivity index (χ0) is 30.9. The molecule has 0 aliphatic heterocycles. The van der Waals surface area contributed by atoms with Gasteiger partial charge in [-0.3, -0.25) is 0 Å². The molecule has 0 N–H and O–H groups in total. The van der Waals surface area contributed by atoms with E-state index in [4.69, 9.17) is 23.1 Å². The Kier molecular flexibility index (Phi) is 11.5. The Labute approximate surface area is 261 Å². The van der Waals surface area contributed by atoms with Gasteiger partial charge < -0.3 is 23.1 Å². The number of aryl methyl sites for hydroxylation is 4. The minimum atomic E-state index is -2.49. The number of hydrogen-bond donors (Lipinski definition) is 0. The van der Waals surface area contributed by atoms with E-state index in [2.05, 4.69) is 100 Å². The molecular formula is C36H46O5Si2. The Balaban J connectivity index is 2.09. The molecule has 0 amide bonds. The van der Waals surface area contributed by atoms with Gasteiger partial charge in [0.2, 0.25) is 18.1 Å². The number of benzene rings is 4. The van der Waals surface area contributed by atoms with Crippen molar-refractivity contribution in [1.82, 2.24) is 0 Å². The molecule has 228 valence electrons. The van der Waals surface area contributed by atoms with Gasteiger partial charge in [-0.1, -0.05) is 48.5 Å². The first-order valence-corrected chi connectivity index (χ1v) is 18.7. The summed E-state index contributed by atoms with van der Waals surface area (Å²) in [5.41, 5.74) is 4.63. The molecule has 0 atom stereocenters. The molecule has 4 aromatic carbocycles. The van der Waals surface area contributed by atoms with E-state index in [0.29, 0.717) is 26.4 Å². The van der Waals surface area contributed by atoms with Crippen molar-refractivity contribution < 1.29 is 23.1 Å². The molecule has 0 radical (unpaired) electrons. The van der Waals surface area contributed by atoms with Gasteiger partial charge in [0, 0.05) is 20.7 Å². The molecule has 5 nitrogen and oxygen atoms in total. The van der Waals surface area contributed by atoms with Crippen LogP contribution in [-0.4, -0.2) is 44.5 Å². The minimum Gasteiger partial charge on any atom is -0.494 e. The largest absolute Gasteiger partial charge is 0.494 e. The lowest BCUT2D eigenvalue weighted by atomic mass is 10.2. The topological polar surface area (TPSA) is 46.2 Å². The highest BCUT2D eigenvalue weighted by atomic mass is 28.4. The molecule has 0 heterocycles. The van der Waals surface area contributed by atoms with E-state index in [1.807, 2.05) is 27.7 Å². The summed E-state index contributed by atoms with van der Waals surface area (Å²) in [6.45, 7) is 19.1. The standard InChI is InChI=1S/C36H46O5Si2/c1-9-37-29-21-13-17-25(5)33(29)42(34-26(6)18-14-22-30(34)38-10-2)41-43(35-27(7)19-15-23-31(35)39-11-3)36-28(8)20-16-24-32(36)40-12-4/h13-24,42-43H,9-12H2,1-8H3. The Morgan fingerprint density at radius 3 is 0.837 bits per heavy atom. The van der Waals surface area contributed by atoms with Crippen LogP contribution in [0.1, 0.15) is 49.9 Å².